The van der Waals surface area contributed by atoms with Crippen molar-refractivity contribution in [1.29, 1.82) is 0 Å². The predicted octanol–water partition coefficient (Wildman–Crippen LogP) is 4.29. The number of morpholine rings is 1. The van der Waals surface area contributed by atoms with E-state index in [1.807, 2.05) is 42.5 Å². The van der Waals surface area contributed by atoms with Gasteiger partial charge in [0.15, 0.2) is 5.13 Å². The zero-order valence-corrected chi connectivity index (χ0v) is 20.1. The molecule has 2 aliphatic heterocycles. The number of benzene rings is 2. The minimum absolute atomic E-state index is 0.0324. The van der Waals surface area contributed by atoms with Gasteiger partial charge in [0.1, 0.15) is 0 Å². The van der Waals surface area contributed by atoms with E-state index in [1.165, 1.54) is 0 Å². The number of halogens is 1. The van der Waals surface area contributed by atoms with Gasteiger partial charge in [0.05, 0.1) is 24.8 Å². The van der Waals surface area contributed by atoms with Crippen LogP contribution in [0.4, 0.5) is 10.8 Å². The average molecular weight is 497 g/mol. The van der Waals surface area contributed by atoms with Crippen molar-refractivity contribution < 1.29 is 14.3 Å². The summed E-state index contributed by atoms with van der Waals surface area (Å²) in [5, 5.41) is 6.63. The van der Waals surface area contributed by atoms with Crippen LogP contribution in [0.15, 0.2) is 53.9 Å². The molecule has 3 heterocycles. The summed E-state index contributed by atoms with van der Waals surface area (Å²) in [5.74, 6) is -0.565. The van der Waals surface area contributed by atoms with Crippen molar-refractivity contribution in [2.75, 3.05) is 43.1 Å². The van der Waals surface area contributed by atoms with Crippen molar-refractivity contribution in [3.63, 3.8) is 0 Å². The predicted molar refractivity (Wildman–Crippen MR) is 134 cm³/mol. The van der Waals surface area contributed by atoms with Crippen molar-refractivity contribution >= 4 is 45.6 Å². The fraction of sp³-hybridized carbons (Fsp3) is 0.320. The van der Waals surface area contributed by atoms with Gasteiger partial charge < -0.3 is 19.9 Å². The molecule has 3 aromatic rings. The van der Waals surface area contributed by atoms with E-state index in [0.717, 1.165) is 48.3 Å². The topological polar surface area (TPSA) is 74.8 Å². The SMILES string of the molecule is O=C(Nc1ccc(-c2csc(N3CCOCC3)n2)cc1)C1CC(=O)N(Cc2ccccc2Cl)C1. The Balaban J connectivity index is 1.18. The van der Waals surface area contributed by atoms with Gasteiger partial charge in [-0.2, -0.15) is 0 Å². The number of rotatable bonds is 6. The number of hydrogen-bond donors (Lipinski definition) is 1. The third kappa shape index (κ3) is 5.09. The number of nitrogens with zero attached hydrogens (tertiary/aromatic N) is 3. The van der Waals surface area contributed by atoms with E-state index >= 15 is 0 Å². The van der Waals surface area contributed by atoms with Gasteiger partial charge in [0.2, 0.25) is 11.8 Å². The molecule has 9 heteroatoms. The Morgan fingerprint density at radius 1 is 1.15 bits per heavy atom. The van der Waals surface area contributed by atoms with Gasteiger partial charge in [-0.1, -0.05) is 41.9 Å². The highest BCUT2D eigenvalue weighted by molar-refractivity contribution is 7.14. The summed E-state index contributed by atoms with van der Waals surface area (Å²) in [7, 11) is 0. The summed E-state index contributed by atoms with van der Waals surface area (Å²) in [5.41, 5.74) is 3.50. The zero-order valence-electron chi connectivity index (χ0n) is 18.6. The Morgan fingerprint density at radius 3 is 2.68 bits per heavy atom. The molecule has 2 saturated heterocycles. The second kappa shape index (κ2) is 10.1. The second-order valence-corrected chi connectivity index (χ2v) is 9.69. The van der Waals surface area contributed by atoms with Crippen molar-refractivity contribution in [1.82, 2.24) is 9.88 Å². The van der Waals surface area contributed by atoms with E-state index < -0.39 is 0 Å². The zero-order chi connectivity index (χ0) is 23.5. The first kappa shape index (κ1) is 22.8. The number of thiazole rings is 1. The van der Waals surface area contributed by atoms with Crippen LogP contribution in [0.3, 0.4) is 0 Å². The first-order valence-corrected chi connectivity index (χ1v) is 12.5. The molecule has 2 aliphatic rings. The fourth-order valence-electron chi connectivity index (χ4n) is 4.20. The van der Waals surface area contributed by atoms with Crippen LogP contribution in [0.1, 0.15) is 12.0 Å². The Morgan fingerprint density at radius 2 is 1.91 bits per heavy atom. The number of likely N-dealkylation sites (tertiary alicyclic amines) is 1. The smallest absolute Gasteiger partial charge is 0.229 e. The number of nitrogens with one attached hydrogen (secondary N) is 1. The van der Waals surface area contributed by atoms with Crippen molar-refractivity contribution in [2.24, 2.45) is 5.92 Å². The number of carbonyl (C=O) groups excluding carboxylic acids is 2. The molecule has 2 fully saturated rings. The quantitative estimate of drug-likeness (QED) is 0.551. The van der Waals surface area contributed by atoms with Crippen molar-refractivity contribution in [2.45, 2.75) is 13.0 Å². The largest absolute Gasteiger partial charge is 0.378 e. The number of aromatic nitrogens is 1. The maximum atomic E-state index is 12.8. The lowest BCUT2D eigenvalue weighted by Crippen LogP contribution is -2.36. The highest BCUT2D eigenvalue weighted by Crippen LogP contribution is 2.29. The molecule has 5 rings (SSSR count). The van der Waals surface area contributed by atoms with Crippen LogP contribution in [0, 0.1) is 5.92 Å². The van der Waals surface area contributed by atoms with Crippen LogP contribution >= 0.6 is 22.9 Å². The van der Waals surface area contributed by atoms with E-state index in [9.17, 15) is 9.59 Å². The minimum Gasteiger partial charge on any atom is -0.378 e. The molecule has 1 N–H and O–H groups in total. The number of carbonyl (C=O) groups is 2. The normalized spacial score (nSPS) is 18.4. The summed E-state index contributed by atoms with van der Waals surface area (Å²) >= 11 is 7.85. The third-order valence-electron chi connectivity index (χ3n) is 6.13. The molecule has 1 aromatic heterocycles. The second-order valence-electron chi connectivity index (χ2n) is 8.45. The van der Waals surface area contributed by atoms with E-state index in [0.29, 0.717) is 23.8 Å². The molecule has 1 unspecified atom stereocenters. The standard InChI is InChI=1S/C25H25ClN4O3S/c26-21-4-2-1-3-18(21)14-30-15-19(13-23(30)31)24(32)27-20-7-5-17(6-8-20)22-16-34-25(28-22)29-9-11-33-12-10-29/h1-8,16,19H,9-15H2,(H,27,32). The summed E-state index contributed by atoms with van der Waals surface area (Å²) in [6.45, 7) is 3.98. The molecule has 1 atom stereocenters. The third-order valence-corrected chi connectivity index (χ3v) is 7.40. The lowest BCUT2D eigenvalue weighted by atomic mass is 10.1. The fourth-order valence-corrected chi connectivity index (χ4v) is 5.28. The maximum absolute atomic E-state index is 12.8. The van der Waals surface area contributed by atoms with Gasteiger partial charge in [-0.3, -0.25) is 9.59 Å². The molecule has 0 aliphatic carbocycles. The van der Waals surface area contributed by atoms with Crippen molar-refractivity contribution in [3.05, 3.63) is 64.5 Å². The van der Waals surface area contributed by atoms with Gasteiger partial charge in [0, 0.05) is 54.3 Å². The van der Waals surface area contributed by atoms with Gasteiger partial charge in [-0.15, -0.1) is 11.3 Å². The van der Waals surface area contributed by atoms with E-state index in [-0.39, 0.29) is 24.2 Å². The van der Waals surface area contributed by atoms with Crippen LogP contribution in [-0.2, 0) is 20.9 Å². The summed E-state index contributed by atoms with van der Waals surface area (Å²) in [4.78, 5) is 34.0. The maximum Gasteiger partial charge on any atom is 0.229 e. The van der Waals surface area contributed by atoms with Gasteiger partial charge in [0.25, 0.3) is 0 Å². The Hall–Kier alpha value is -2.94. The van der Waals surface area contributed by atoms with E-state index in [2.05, 4.69) is 15.6 Å². The van der Waals surface area contributed by atoms with Crippen LogP contribution in [0.2, 0.25) is 5.02 Å². The summed E-state index contributed by atoms with van der Waals surface area (Å²) in [6, 6.07) is 15.1. The number of anilines is 2. The molecule has 2 amide bonds. The Kier molecular flexibility index (Phi) is 6.80. The Bertz CT molecular complexity index is 1180. The van der Waals surface area contributed by atoms with E-state index in [1.54, 1.807) is 22.3 Å². The number of ether oxygens (including phenoxy) is 1. The monoisotopic (exact) mass is 496 g/mol. The van der Waals surface area contributed by atoms with Crippen LogP contribution < -0.4 is 10.2 Å². The van der Waals surface area contributed by atoms with Crippen LogP contribution in [0.25, 0.3) is 11.3 Å². The van der Waals surface area contributed by atoms with Gasteiger partial charge >= 0.3 is 0 Å². The lowest BCUT2D eigenvalue weighted by Gasteiger charge is -2.26. The average Bonchev–Trinajstić information content (AvgIpc) is 3.49. The molecule has 0 radical (unpaired) electrons. The Labute approximate surface area is 207 Å². The lowest BCUT2D eigenvalue weighted by molar-refractivity contribution is -0.128. The molecular weight excluding hydrogens is 472 g/mol. The molecule has 0 saturated carbocycles. The molecule has 176 valence electrons. The van der Waals surface area contributed by atoms with E-state index in [4.69, 9.17) is 21.3 Å². The molecule has 0 spiro atoms. The molecule has 34 heavy (non-hydrogen) atoms. The highest BCUT2D eigenvalue weighted by atomic mass is 35.5. The summed E-state index contributed by atoms with van der Waals surface area (Å²) < 4.78 is 5.41. The summed E-state index contributed by atoms with van der Waals surface area (Å²) in [6.07, 6.45) is 0.206. The molecule has 2 aromatic carbocycles. The molecule has 7 nitrogen and oxygen atoms in total. The number of amides is 2. The first-order chi connectivity index (χ1) is 16.6. The minimum atomic E-state index is -0.385. The molecular formula is C25H25ClN4O3S. The van der Waals surface area contributed by atoms with Crippen LogP contribution in [-0.4, -0.2) is 54.5 Å². The highest BCUT2D eigenvalue weighted by Gasteiger charge is 2.34. The van der Waals surface area contributed by atoms with Crippen LogP contribution in [0.5, 0.6) is 0 Å². The van der Waals surface area contributed by atoms with Gasteiger partial charge in [-0.25, -0.2) is 4.98 Å². The van der Waals surface area contributed by atoms with Crippen molar-refractivity contribution in [3.8, 4) is 11.3 Å². The molecule has 0 bridgehead atoms. The number of hydrogen-bond acceptors (Lipinski definition) is 6. The van der Waals surface area contributed by atoms with Gasteiger partial charge in [-0.05, 0) is 23.8 Å². The first-order valence-electron chi connectivity index (χ1n) is 11.3.